The van der Waals surface area contributed by atoms with Crippen molar-refractivity contribution >= 4 is 12.4 Å². The van der Waals surface area contributed by atoms with E-state index in [9.17, 15) is 0 Å². The van der Waals surface area contributed by atoms with Gasteiger partial charge in [-0.1, -0.05) is 13.0 Å². The van der Waals surface area contributed by atoms with Crippen LogP contribution in [0.1, 0.15) is 19.8 Å². The Morgan fingerprint density at radius 2 is 2.22 bits per heavy atom. The summed E-state index contributed by atoms with van der Waals surface area (Å²) in [5.74, 6) is 0. The molecule has 1 N–H and O–H groups in total. The van der Waals surface area contributed by atoms with Gasteiger partial charge in [0.25, 0.3) is 0 Å². The number of hydrogen-bond acceptors (Lipinski definition) is 1. The van der Waals surface area contributed by atoms with Crippen LogP contribution in [-0.2, 0) is 0 Å². The summed E-state index contributed by atoms with van der Waals surface area (Å²) in [6.45, 7) is 7.96. The van der Waals surface area contributed by atoms with E-state index >= 15 is 0 Å². The zero-order valence-corrected chi connectivity index (χ0v) is 6.84. The molecule has 0 saturated carbocycles. The van der Waals surface area contributed by atoms with Crippen LogP contribution in [0.25, 0.3) is 0 Å². The predicted molar refractivity (Wildman–Crippen MR) is 45.2 cm³/mol. The van der Waals surface area contributed by atoms with Gasteiger partial charge in [0.05, 0.1) is 0 Å². The summed E-state index contributed by atoms with van der Waals surface area (Å²) in [4.78, 5) is 0. The summed E-state index contributed by atoms with van der Waals surface area (Å²) in [7, 11) is 0. The van der Waals surface area contributed by atoms with Gasteiger partial charge in [0, 0.05) is 0 Å². The molecule has 2 heteroatoms. The lowest BCUT2D eigenvalue weighted by atomic mass is 10.3. The van der Waals surface area contributed by atoms with Crippen LogP contribution in [-0.4, -0.2) is 13.1 Å². The zero-order valence-electron chi connectivity index (χ0n) is 6.02. The molecule has 0 amide bonds. The lowest BCUT2D eigenvalue weighted by molar-refractivity contribution is 0.680. The van der Waals surface area contributed by atoms with Crippen LogP contribution in [0.4, 0.5) is 0 Å². The fraction of sp³-hybridized carbons (Fsp3) is 0.714. The third-order valence-electron chi connectivity index (χ3n) is 1.01. The predicted octanol–water partition coefficient (Wildman–Crippen LogP) is 1.98. The van der Waals surface area contributed by atoms with Crippen LogP contribution >= 0.6 is 12.4 Å². The number of halogens is 1. The monoisotopic (exact) mass is 149 g/mol. The Morgan fingerprint density at radius 1 is 1.56 bits per heavy atom. The molecular weight excluding hydrogens is 134 g/mol. The highest BCUT2D eigenvalue weighted by Crippen LogP contribution is 1.84. The van der Waals surface area contributed by atoms with Crippen molar-refractivity contribution in [2.75, 3.05) is 13.1 Å². The average Bonchev–Trinajstić information content (AvgIpc) is 1.81. The Balaban J connectivity index is 0. The molecule has 0 spiro atoms. The Morgan fingerprint density at radius 3 is 2.67 bits per heavy atom. The van der Waals surface area contributed by atoms with Crippen molar-refractivity contribution in [2.24, 2.45) is 0 Å². The molecule has 0 atom stereocenters. The minimum absolute atomic E-state index is 0. The van der Waals surface area contributed by atoms with Crippen molar-refractivity contribution in [1.82, 2.24) is 5.32 Å². The minimum Gasteiger partial charge on any atom is -0.317 e. The van der Waals surface area contributed by atoms with Crippen LogP contribution in [0.15, 0.2) is 12.7 Å². The molecular formula is C7H16ClN. The van der Waals surface area contributed by atoms with Gasteiger partial charge in [-0.15, -0.1) is 19.0 Å². The molecule has 0 aliphatic heterocycles. The maximum Gasteiger partial charge on any atom is -0.00461 e. The number of hydrogen-bond donors (Lipinski definition) is 1. The van der Waals surface area contributed by atoms with Gasteiger partial charge in [0.2, 0.25) is 0 Å². The summed E-state index contributed by atoms with van der Waals surface area (Å²) >= 11 is 0. The number of unbranched alkanes of at least 4 members (excludes halogenated alkanes) is 1. The SMILES string of the molecule is C=CCCCNCC.Cl. The van der Waals surface area contributed by atoms with Gasteiger partial charge in [-0.05, 0) is 25.9 Å². The van der Waals surface area contributed by atoms with E-state index in [-0.39, 0.29) is 12.4 Å². The Kier molecular flexibility index (Phi) is 14.2. The normalized spacial score (nSPS) is 8.11. The molecule has 0 heterocycles. The topological polar surface area (TPSA) is 12.0 Å². The fourth-order valence-corrected chi connectivity index (χ4v) is 0.548. The van der Waals surface area contributed by atoms with Crippen molar-refractivity contribution in [3.05, 3.63) is 12.7 Å². The highest BCUT2D eigenvalue weighted by Gasteiger charge is 1.79. The second-order valence-electron chi connectivity index (χ2n) is 1.78. The molecule has 1 nitrogen and oxygen atoms in total. The number of nitrogens with one attached hydrogen (secondary N) is 1. The smallest absolute Gasteiger partial charge is 0.00461 e. The number of rotatable bonds is 5. The van der Waals surface area contributed by atoms with E-state index < -0.39 is 0 Å². The fourth-order valence-electron chi connectivity index (χ4n) is 0.548. The van der Waals surface area contributed by atoms with E-state index in [1.807, 2.05) is 6.08 Å². The number of allylic oxidation sites excluding steroid dienone is 1. The first-order chi connectivity index (χ1) is 3.91. The quantitative estimate of drug-likeness (QED) is 0.466. The summed E-state index contributed by atoms with van der Waals surface area (Å²) in [5, 5.41) is 3.24. The average molecular weight is 150 g/mol. The molecule has 0 fully saturated rings. The summed E-state index contributed by atoms with van der Waals surface area (Å²) in [6, 6.07) is 0. The maximum atomic E-state index is 3.63. The van der Waals surface area contributed by atoms with Crippen LogP contribution in [0.5, 0.6) is 0 Å². The summed E-state index contributed by atoms with van der Waals surface area (Å²) < 4.78 is 0. The van der Waals surface area contributed by atoms with Gasteiger partial charge in [-0.2, -0.15) is 0 Å². The second-order valence-corrected chi connectivity index (χ2v) is 1.78. The molecule has 0 unspecified atom stereocenters. The summed E-state index contributed by atoms with van der Waals surface area (Å²) in [5.41, 5.74) is 0. The minimum atomic E-state index is 0. The van der Waals surface area contributed by atoms with Crippen molar-refractivity contribution < 1.29 is 0 Å². The molecule has 0 rings (SSSR count). The highest BCUT2D eigenvalue weighted by molar-refractivity contribution is 5.85. The first kappa shape index (κ1) is 11.7. The van der Waals surface area contributed by atoms with Gasteiger partial charge in [0.1, 0.15) is 0 Å². The Labute approximate surface area is 63.9 Å². The third kappa shape index (κ3) is 11.5. The van der Waals surface area contributed by atoms with Crippen molar-refractivity contribution in [1.29, 1.82) is 0 Å². The first-order valence-corrected chi connectivity index (χ1v) is 3.23. The van der Waals surface area contributed by atoms with E-state index in [1.165, 1.54) is 6.42 Å². The lowest BCUT2D eigenvalue weighted by Crippen LogP contribution is -2.13. The summed E-state index contributed by atoms with van der Waals surface area (Å²) in [6.07, 6.45) is 4.31. The molecule has 0 aliphatic rings. The van der Waals surface area contributed by atoms with Crippen LogP contribution in [0.3, 0.4) is 0 Å². The first-order valence-electron chi connectivity index (χ1n) is 3.23. The molecule has 0 aromatic carbocycles. The Bertz CT molecular complexity index is 54.9. The van der Waals surface area contributed by atoms with E-state index in [2.05, 4.69) is 18.8 Å². The highest BCUT2D eigenvalue weighted by atomic mass is 35.5. The second kappa shape index (κ2) is 10.9. The van der Waals surface area contributed by atoms with Gasteiger partial charge in [0.15, 0.2) is 0 Å². The van der Waals surface area contributed by atoms with Crippen molar-refractivity contribution in [2.45, 2.75) is 19.8 Å². The molecule has 0 saturated heterocycles. The van der Waals surface area contributed by atoms with E-state index in [1.54, 1.807) is 0 Å². The van der Waals surface area contributed by atoms with Gasteiger partial charge < -0.3 is 5.32 Å². The molecule has 56 valence electrons. The van der Waals surface area contributed by atoms with Crippen LogP contribution in [0, 0.1) is 0 Å². The molecule has 0 bridgehead atoms. The third-order valence-corrected chi connectivity index (χ3v) is 1.01. The molecule has 9 heavy (non-hydrogen) atoms. The van der Waals surface area contributed by atoms with E-state index in [4.69, 9.17) is 0 Å². The maximum absolute atomic E-state index is 3.63. The van der Waals surface area contributed by atoms with E-state index in [0.717, 1.165) is 19.5 Å². The molecule has 0 radical (unpaired) electrons. The molecule has 0 aliphatic carbocycles. The zero-order chi connectivity index (χ0) is 6.24. The standard InChI is InChI=1S/C7H15N.ClH/c1-3-5-6-7-8-4-2;/h3,8H,1,4-7H2,2H3;1H. The van der Waals surface area contributed by atoms with Gasteiger partial charge in [-0.25, -0.2) is 0 Å². The van der Waals surface area contributed by atoms with E-state index in [0.29, 0.717) is 0 Å². The molecule has 0 aromatic rings. The van der Waals surface area contributed by atoms with Gasteiger partial charge in [-0.3, -0.25) is 0 Å². The van der Waals surface area contributed by atoms with Crippen molar-refractivity contribution in [3.63, 3.8) is 0 Å². The molecule has 0 aromatic heterocycles. The lowest BCUT2D eigenvalue weighted by Gasteiger charge is -1.95. The van der Waals surface area contributed by atoms with Crippen LogP contribution in [0.2, 0.25) is 0 Å². The van der Waals surface area contributed by atoms with Gasteiger partial charge >= 0.3 is 0 Å². The van der Waals surface area contributed by atoms with Crippen LogP contribution < -0.4 is 5.32 Å². The largest absolute Gasteiger partial charge is 0.317 e. The van der Waals surface area contributed by atoms with Crippen molar-refractivity contribution in [3.8, 4) is 0 Å². The Hall–Kier alpha value is -0.0100.